The highest BCUT2D eigenvalue weighted by atomic mass is 32.2. The van der Waals surface area contributed by atoms with E-state index in [4.69, 9.17) is 9.47 Å². The highest BCUT2D eigenvalue weighted by molar-refractivity contribution is 7.89. The van der Waals surface area contributed by atoms with E-state index in [-0.39, 0.29) is 18.0 Å². The Morgan fingerprint density at radius 3 is 2.21 bits per heavy atom. The molecule has 10 nitrogen and oxygen atoms in total. The number of carbonyl (C=O) groups is 2. The van der Waals surface area contributed by atoms with E-state index in [1.807, 2.05) is 30.3 Å². The Labute approximate surface area is 221 Å². The van der Waals surface area contributed by atoms with Crippen LogP contribution in [0.25, 0.3) is 0 Å². The second-order valence-electron chi connectivity index (χ2n) is 7.98. The fourth-order valence-corrected chi connectivity index (χ4v) is 4.70. The molecule has 0 fully saturated rings. The van der Waals surface area contributed by atoms with Crippen LogP contribution >= 0.6 is 0 Å². The number of methoxy groups -OCH3 is 2. The lowest BCUT2D eigenvalue weighted by atomic mass is 10.1. The molecule has 38 heavy (non-hydrogen) atoms. The van der Waals surface area contributed by atoms with E-state index in [9.17, 15) is 18.0 Å². The number of nitrogens with zero attached hydrogens (tertiary/aromatic N) is 2. The van der Waals surface area contributed by atoms with Crippen molar-refractivity contribution in [3.63, 3.8) is 0 Å². The summed E-state index contributed by atoms with van der Waals surface area (Å²) < 4.78 is 42.7. The van der Waals surface area contributed by atoms with E-state index in [2.05, 4.69) is 15.3 Å². The molecule has 0 unspecified atom stereocenters. The van der Waals surface area contributed by atoms with Crippen LogP contribution in [0.5, 0.6) is 11.5 Å². The van der Waals surface area contributed by atoms with Gasteiger partial charge in [-0.25, -0.2) is 18.6 Å². The minimum Gasteiger partial charge on any atom is -0.497 e. The standard InChI is InChI=1S/C27H29N3O7S/c1-35-23-12-14-25(15-13-23)38(33,34)30(17-16-21-6-4-3-5-7-21)19-26(31)29-28-18-22-8-10-24(11-9-22)37-20-27(32)36-2/h3-15,18H,16-17,19-20H2,1-2H3,(H,29,31)/b28-18+. The SMILES string of the molecule is COC(=O)COc1ccc(/C=N/NC(=O)CN(CCc2ccccc2)S(=O)(=O)c2ccc(OC)cc2)cc1. The van der Waals surface area contributed by atoms with Crippen LogP contribution in [0.1, 0.15) is 11.1 Å². The van der Waals surface area contributed by atoms with Gasteiger partial charge < -0.3 is 14.2 Å². The molecule has 11 heteroatoms. The Morgan fingerprint density at radius 1 is 0.921 bits per heavy atom. The van der Waals surface area contributed by atoms with Crippen LogP contribution in [-0.4, -0.2) is 64.7 Å². The van der Waals surface area contributed by atoms with Crippen LogP contribution in [0.4, 0.5) is 0 Å². The van der Waals surface area contributed by atoms with E-state index in [1.54, 1.807) is 36.4 Å². The van der Waals surface area contributed by atoms with Gasteiger partial charge in [0.2, 0.25) is 10.0 Å². The first-order chi connectivity index (χ1) is 18.3. The number of hydrogen-bond acceptors (Lipinski definition) is 8. The third kappa shape index (κ3) is 8.43. The highest BCUT2D eigenvalue weighted by Crippen LogP contribution is 2.20. The number of hydrazone groups is 1. The maximum absolute atomic E-state index is 13.4. The first-order valence-electron chi connectivity index (χ1n) is 11.6. The summed E-state index contributed by atoms with van der Waals surface area (Å²) in [7, 11) is -1.20. The van der Waals surface area contributed by atoms with Gasteiger partial charge in [0, 0.05) is 6.54 Å². The van der Waals surface area contributed by atoms with Crippen LogP contribution < -0.4 is 14.9 Å². The van der Waals surface area contributed by atoms with E-state index in [0.29, 0.717) is 23.5 Å². The Morgan fingerprint density at radius 2 is 1.58 bits per heavy atom. The van der Waals surface area contributed by atoms with Gasteiger partial charge in [-0.2, -0.15) is 9.41 Å². The van der Waals surface area contributed by atoms with Crippen LogP contribution in [0.3, 0.4) is 0 Å². The Hall–Kier alpha value is -4.22. The number of rotatable bonds is 13. The molecule has 200 valence electrons. The smallest absolute Gasteiger partial charge is 0.343 e. The number of esters is 1. The van der Waals surface area contributed by atoms with Gasteiger partial charge in [-0.05, 0) is 66.1 Å². The molecule has 0 aliphatic heterocycles. The van der Waals surface area contributed by atoms with Crippen molar-refractivity contribution in [3.05, 3.63) is 90.0 Å². The maximum Gasteiger partial charge on any atom is 0.343 e. The van der Waals surface area contributed by atoms with Crippen molar-refractivity contribution in [1.82, 2.24) is 9.73 Å². The minimum atomic E-state index is -3.97. The molecule has 0 atom stereocenters. The molecule has 0 bridgehead atoms. The molecule has 3 aromatic carbocycles. The Kier molecular flexibility index (Phi) is 10.4. The second kappa shape index (κ2) is 13.9. The number of sulfonamides is 1. The van der Waals surface area contributed by atoms with Gasteiger partial charge in [-0.15, -0.1) is 0 Å². The normalized spacial score (nSPS) is 11.3. The van der Waals surface area contributed by atoms with Gasteiger partial charge in [0.25, 0.3) is 5.91 Å². The molecular weight excluding hydrogens is 510 g/mol. The molecule has 0 aromatic heterocycles. The molecule has 0 aliphatic carbocycles. The molecule has 0 heterocycles. The number of nitrogens with one attached hydrogen (secondary N) is 1. The summed E-state index contributed by atoms with van der Waals surface area (Å²) in [5, 5.41) is 3.93. The topological polar surface area (TPSA) is 124 Å². The lowest BCUT2D eigenvalue weighted by molar-refractivity contribution is -0.142. The maximum atomic E-state index is 13.4. The number of carbonyl (C=O) groups excluding carboxylic acids is 2. The van der Waals surface area contributed by atoms with Crippen molar-refractivity contribution < 1.29 is 32.2 Å². The van der Waals surface area contributed by atoms with Crippen LogP contribution in [0.2, 0.25) is 0 Å². The fourth-order valence-electron chi connectivity index (χ4n) is 3.31. The molecule has 0 saturated heterocycles. The zero-order chi connectivity index (χ0) is 27.4. The fraction of sp³-hybridized carbons (Fsp3) is 0.222. The molecule has 0 saturated carbocycles. The lowest BCUT2D eigenvalue weighted by Crippen LogP contribution is -2.40. The largest absolute Gasteiger partial charge is 0.497 e. The van der Waals surface area contributed by atoms with Crippen LogP contribution in [0, 0.1) is 0 Å². The van der Waals surface area contributed by atoms with Gasteiger partial charge in [0.15, 0.2) is 6.61 Å². The van der Waals surface area contributed by atoms with Gasteiger partial charge in [-0.1, -0.05) is 30.3 Å². The summed E-state index contributed by atoms with van der Waals surface area (Å²) >= 11 is 0. The molecule has 3 aromatic rings. The number of amides is 1. The first kappa shape index (κ1) is 28.4. The first-order valence-corrected chi connectivity index (χ1v) is 13.1. The predicted octanol–water partition coefficient (Wildman–Crippen LogP) is 2.63. The highest BCUT2D eigenvalue weighted by Gasteiger charge is 2.26. The Balaban J connectivity index is 1.65. The van der Waals surface area contributed by atoms with Crippen molar-refractivity contribution in [2.24, 2.45) is 5.10 Å². The summed E-state index contributed by atoms with van der Waals surface area (Å²) in [6, 6.07) is 22.1. The molecule has 0 spiro atoms. The summed E-state index contributed by atoms with van der Waals surface area (Å²) in [4.78, 5) is 23.9. The second-order valence-corrected chi connectivity index (χ2v) is 9.91. The summed E-state index contributed by atoms with van der Waals surface area (Å²) in [6.45, 7) is -0.526. The van der Waals surface area contributed by atoms with Crippen molar-refractivity contribution >= 4 is 28.1 Å². The zero-order valence-electron chi connectivity index (χ0n) is 21.1. The van der Waals surface area contributed by atoms with Crippen molar-refractivity contribution in [3.8, 4) is 11.5 Å². The molecule has 3 rings (SSSR count). The van der Waals surface area contributed by atoms with Gasteiger partial charge >= 0.3 is 5.97 Å². The lowest BCUT2D eigenvalue weighted by Gasteiger charge is -2.21. The van der Waals surface area contributed by atoms with Gasteiger partial charge in [0.05, 0.1) is 31.9 Å². The summed E-state index contributed by atoms with van der Waals surface area (Å²) in [5.74, 6) is -0.0982. The molecule has 0 aliphatic rings. The third-order valence-electron chi connectivity index (χ3n) is 5.38. The average molecular weight is 540 g/mol. The van der Waals surface area contributed by atoms with Gasteiger partial charge in [0.1, 0.15) is 11.5 Å². The average Bonchev–Trinajstić information content (AvgIpc) is 2.95. The van der Waals surface area contributed by atoms with E-state index in [1.165, 1.54) is 32.6 Å². The van der Waals surface area contributed by atoms with Gasteiger partial charge in [-0.3, -0.25) is 4.79 Å². The molecule has 1 amide bonds. The summed E-state index contributed by atoms with van der Waals surface area (Å²) in [5.41, 5.74) is 3.98. The van der Waals surface area contributed by atoms with E-state index < -0.39 is 28.4 Å². The predicted molar refractivity (Wildman–Crippen MR) is 142 cm³/mol. The molecular formula is C27H29N3O7S. The third-order valence-corrected chi connectivity index (χ3v) is 7.24. The summed E-state index contributed by atoms with van der Waals surface area (Å²) in [6.07, 6.45) is 1.84. The quantitative estimate of drug-likeness (QED) is 0.201. The number of hydrogen-bond donors (Lipinski definition) is 1. The monoisotopic (exact) mass is 539 g/mol. The van der Waals surface area contributed by atoms with Crippen LogP contribution in [0.15, 0.2) is 88.9 Å². The van der Waals surface area contributed by atoms with Crippen molar-refractivity contribution in [1.29, 1.82) is 0 Å². The van der Waals surface area contributed by atoms with Crippen molar-refractivity contribution in [2.45, 2.75) is 11.3 Å². The Bertz CT molecular complexity index is 1330. The minimum absolute atomic E-state index is 0.0529. The molecule has 0 radical (unpaired) electrons. The number of benzene rings is 3. The van der Waals surface area contributed by atoms with Crippen molar-refractivity contribution in [2.75, 3.05) is 33.9 Å². The van der Waals surface area contributed by atoms with E-state index in [0.717, 1.165) is 9.87 Å². The zero-order valence-corrected chi connectivity index (χ0v) is 21.9. The van der Waals surface area contributed by atoms with Crippen LogP contribution in [-0.2, 0) is 30.8 Å². The number of ether oxygens (including phenoxy) is 3. The van der Waals surface area contributed by atoms with E-state index >= 15 is 0 Å². The molecule has 1 N–H and O–H groups in total.